The number of rotatable bonds is 5. The lowest BCUT2D eigenvalue weighted by Gasteiger charge is -2.07. The molecule has 0 spiro atoms. The molecule has 0 heterocycles. The standard InChI is InChI=1S/C16H15F2NO3S/c1-2-11-3-5-12(6-4-11)15(20)19-13-7-9-14(10-8-13)23(21,22)16(17)18/h3-10,16H,2H2,1H3,(H,19,20). The summed E-state index contributed by atoms with van der Waals surface area (Å²) in [6, 6.07) is 11.7. The Kier molecular flexibility index (Phi) is 5.10. The SMILES string of the molecule is CCc1ccc(C(=O)Nc2ccc(S(=O)(=O)C(F)F)cc2)cc1. The highest BCUT2D eigenvalue weighted by Crippen LogP contribution is 2.20. The van der Waals surface area contributed by atoms with Crippen LogP contribution in [-0.4, -0.2) is 20.1 Å². The number of amides is 1. The molecule has 4 nitrogen and oxygen atoms in total. The van der Waals surface area contributed by atoms with Crippen LogP contribution in [0.15, 0.2) is 53.4 Å². The zero-order valence-electron chi connectivity index (χ0n) is 12.3. The number of halogens is 2. The maximum Gasteiger partial charge on any atom is 0.341 e. The topological polar surface area (TPSA) is 63.2 Å². The molecule has 0 bridgehead atoms. The van der Waals surface area contributed by atoms with Crippen LogP contribution in [0, 0.1) is 0 Å². The van der Waals surface area contributed by atoms with Crippen molar-refractivity contribution in [2.24, 2.45) is 0 Å². The molecule has 1 amide bonds. The van der Waals surface area contributed by atoms with E-state index in [0.717, 1.165) is 24.1 Å². The van der Waals surface area contributed by atoms with E-state index in [-0.39, 0.29) is 5.91 Å². The number of sulfone groups is 1. The average Bonchev–Trinajstić information content (AvgIpc) is 2.55. The second-order valence-electron chi connectivity index (χ2n) is 4.83. The van der Waals surface area contributed by atoms with E-state index in [1.807, 2.05) is 19.1 Å². The van der Waals surface area contributed by atoms with Gasteiger partial charge < -0.3 is 5.32 Å². The zero-order chi connectivity index (χ0) is 17.0. The van der Waals surface area contributed by atoms with Gasteiger partial charge in [-0.25, -0.2) is 8.42 Å². The summed E-state index contributed by atoms with van der Waals surface area (Å²) in [4.78, 5) is 11.6. The fraction of sp³-hybridized carbons (Fsp3) is 0.188. The monoisotopic (exact) mass is 339 g/mol. The lowest BCUT2D eigenvalue weighted by atomic mass is 10.1. The Labute approximate surface area is 133 Å². The number of aryl methyl sites for hydroxylation is 1. The predicted octanol–water partition coefficient (Wildman–Crippen LogP) is 3.50. The van der Waals surface area contributed by atoms with Gasteiger partial charge >= 0.3 is 5.76 Å². The van der Waals surface area contributed by atoms with Crippen molar-refractivity contribution in [1.82, 2.24) is 0 Å². The van der Waals surface area contributed by atoms with Crippen molar-refractivity contribution in [1.29, 1.82) is 0 Å². The summed E-state index contributed by atoms with van der Waals surface area (Å²) in [5.41, 5.74) is 1.87. The highest BCUT2D eigenvalue weighted by molar-refractivity contribution is 7.91. The van der Waals surface area contributed by atoms with Crippen molar-refractivity contribution in [3.05, 3.63) is 59.7 Å². The maximum absolute atomic E-state index is 12.4. The third kappa shape index (κ3) is 3.92. The Hall–Kier alpha value is -2.28. The van der Waals surface area contributed by atoms with Crippen LogP contribution >= 0.6 is 0 Å². The molecule has 0 unspecified atom stereocenters. The van der Waals surface area contributed by atoms with Crippen molar-refractivity contribution in [2.45, 2.75) is 24.0 Å². The summed E-state index contributed by atoms with van der Waals surface area (Å²) < 4.78 is 47.5. The zero-order valence-corrected chi connectivity index (χ0v) is 13.1. The van der Waals surface area contributed by atoms with Gasteiger partial charge in [0.1, 0.15) is 0 Å². The Balaban J connectivity index is 2.13. The van der Waals surface area contributed by atoms with Gasteiger partial charge in [-0.3, -0.25) is 4.79 Å². The van der Waals surface area contributed by atoms with E-state index >= 15 is 0 Å². The second-order valence-corrected chi connectivity index (χ2v) is 6.75. The van der Waals surface area contributed by atoms with Crippen LogP contribution in [0.25, 0.3) is 0 Å². The van der Waals surface area contributed by atoms with Crippen LogP contribution in [0.4, 0.5) is 14.5 Å². The largest absolute Gasteiger partial charge is 0.341 e. The van der Waals surface area contributed by atoms with Crippen molar-refractivity contribution in [2.75, 3.05) is 5.32 Å². The molecule has 2 aromatic carbocycles. The van der Waals surface area contributed by atoms with Crippen molar-refractivity contribution in [3.63, 3.8) is 0 Å². The molecule has 2 aromatic rings. The Morgan fingerprint density at radius 1 is 1.04 bits per heavy atom. The highest BCUT2D eigenvalue weighted by atomic mass is 32.2. The molecule has 122 valence electrons. The summed E-state index contributed by atoms with van der Waals surface area (Å²) >= 11 is 0. The van der Waals surface area contributed by atoms with Crippen LogP contribution in [-0.2, 0) is 16.3 Å². The van der Waals surface area contributed by atoms with E-state index in [9.17, 15) is 22.0 Å². The van der Waals surface area contributed by atoms with Crippen LogP contribution in [0.1, 0.15) is 22.8 Å². The molecule has 0 saturated heterocycles. The number of carbonyl (C=O) groups is 1. The molecule has 0 aromatic heterocycles. The average molecular weight is 339 g/mol. The summed E-state index contributed by atoms with van der Waals surface area (Å²) in [5.74, 6) is -3.84. The molecule has 0 fully saturated rings. The Morgan fingerprint density at radius 3 is 2.09 bits per heavy atom. The molecular weight excluding hydrogens is 324 g/mol. The van der Waals surface area contributed by atoms with E-state index < -0.39 is 20.5 Å². The second kappa shape index (κ2) is 6.87. The molecule has 0 aliphatic heterocycles. The number of alkyl halides is 2. The number of nitrogens with one attached hydrogen (secondary N) is 1. The minimum atomic E-state index is -4.63. The lowest BCUT2D eigenvalue weighted by molar-refractivity contribution is 0.102. The van der Waals surface area contributed by atoms with Gasteiger partial charge in [0, 0.05) is 11.3 Å². The molecule has 0 aliphatic carbocycles. The number of benzene rings is 2. The van der Waals surface area contributed by atoms with E-state index in [2.05, 4.69) is 5.32 Å². The van der Waals surface area contributed by atoms with Gasteiger partial charge in [-0.05, 0) is 48.4 Å². The number of hydrogen-bond donors (Lipinski definition) is 1. The first kappa shape index (κ1) is 17.1. The van der Waals surface area contributed by atoms with Crippen LogP contribution in [0.3, 0.4) is 0 Å². The van der Waals surface area contributed by atoms with E-state index in [1.165, 1.54) is 12.1 Å². The minimum Gasteiger partial charge on any atom is -0.322 e. The summed E-state index contributed by atoms with van der Waals surface area (Å²) in [7, 11) is -4.63. The molecule has 23 heavy (non-hydrogen) atoms. The normalized spacial score (nSPS) is 11.5. The van der Waals surface area contributed by atoms with Gasteiger partial charge in [0.15, 0.2) is 0 Å². The Morgan fingerprint density at radius 2 is 1.61 bits per heavy atom. The first-order chi connectivity index (χ1) is 10.8. The van der Waals surface area contributed by atoms with Crippen molar-refractivity contribution < 1.29 is 22.0 Å². The van der Waals surface area contributed by atoms with E-state index in [0.29, 0.717) is 11.3 Å². The number of anilines is 1. The quantitative estimate of drug-likeness (QED) is 0.907. The Bertz CT molecular complexity index is 785. The van der Waals surface area contributed by atoms with Crippen LogP contribution < -0.4 is 5.32 Å². The fourth-order valence-corrected chi connectivity index (χ4v) is 2.65. The van der Waals surface area contributed by atoms with Crippen LogP contribution in [0.2, 0.25) is 0 Å². The molecule has 1 N–H and O–H groups in total. The molecule has 7 heteroatoms. The van der Waals surface area contributed by atoms with Crippen molar-refractivity contribution in [3.8, 4) is 0 Å². The van der Waals surface area contributed by atoms with Gasteiger partial charge in [-0.2, -0.15) is 8.78 Å². The molecule has 0 radical (unpaired) electrons. The maximum atomic E-state index is 12.4. The molecular formula is C16H15F2NO3S. The van der Waals surface area contributed by atoms with Crippen LogP contribution in [0.5, 0.6) is 0 Å². The van der Waals surface area contributed by atoms with Gasteiger partial charge in [0.05, 0.1) is 4.90 Å². The van der Waals surface area contributed by atoms with E-state index in [4.69, 9.17) is 0 Å². The first-order valence-electron chi connectivity index (χ1n) is 6.87. The summed E-state index contributed by atoms with van der Waals surface area (Å²) in [6.07, 6.45) is 0.863. The van der Waals surface area contributed by atoms with Crippen molar-refractivity contribution >= 4 is 21.4 Å². The first-order valence-corrected chi connectivity index (χ1v) is 8.41. The summed E-state index contributed by atoms with van der Waals surface area (Å²) in [6.45, 7) is 2.00. The summed E-state index contributed by atoms with van der Waals surface area (Å²) in [5, 5.41) is 2.58. The third-order valence-corrected chi connectivity index (χ3v) is 4.70. The number of hydrogen-bond acceptors (Lipinski definition) is 3. The molecule has 0 aliphatic rings. The third-order valence-electron chi connectivity index (χ3n) is 3.30. The minimum absolute atomic E-state index is 0.322. The lowest BCUT2D eigenvalue weighted by Crippen LogP contribution is -2.13. The van der Waals surface area contributed by atoms with Gasteiger partial charge in [-0.1, -0.05) is 19.1 Å². The number of carbonyl (C=O) groups excluding carboxylic acids is 1. The van der Waals surface area contributed by atoms with Gasteiger partial charge in [0.2, 0.25) is 9.84 Å². The van der Waals surface area contributed by atoms with Gasteiger partial charge in [0.25, 0.3) is 5.91 Å². The molecule has 0 atom stereocenters. The molecule has 2 rings (SSSR count). The fourth-order valence-electron chi connectivity index (χ4n) is 1.93. The smallest absolute Gasteiger partial charge is 0.322 e. The highest BCUT2D eigenvalue weighted by Gasteiger charge is 2.26. The molecule has 0 saturated carbocycles. The van der Waals surface area contributed by atoms with Gasteiger partial charge in [-0.15, -0.1) is 0 Å². The predicted molar refractivity (Wildman–Crippen MR) is 83.4 cm³/mol. The van der Waals surface area contributed by atoms with E-state index in [1.54, 1.807) is 12.1 Å².